The molecule has 0 aliphatic heterocycles. The van der Waals surface area contributed by atoms with E-state index in [0.717, 1.165) is 31.6 Å². The third-order valence-corrected chi connectivity index (χ3v) is 2.97. The SMILES string of the molecule is Cc1cc(OCC(C)C)ccc1CCCC(N)=S. The number of nitrogens with two attached hydrogens (primary N) is 1. The van der Waals surface area contributed by atoms with Gasteiger partial charge in [-0.3, -0.25) is 0 Å². The van der Waals surface area contributed by atoms with Crippen molar-refractivity contribution in [3.8, 4) is 5.75 Å². The minimum absolute atomic E-state index is 0.551. The Balaban J connectivity index is 2.53. The molecule has 0 atom stereocenters. The third kappa shape index (κ3) is 5.50. The molecule has 1 rings (SSSR count). The summed E-state index contributed by atoms with van der Waals surface area (Å²) in [5, 5.41) is 0. The van der Waals surface area contributed by atoms with Gasteiger partial charge in [-0.1, -0.05) is 32.1 Å². The van der Waals surface area contributed by atoms with Crippen molar-refractivity contribution in [2.45, 2.75) is 40.0 Å². The molecule has 0 radical (unpaired) electrons. The lowest BCUT2D eigenvalue weighted by Crippen LogP contribution is -2.07. The summed E-state index contributed by atoms with van der Waals surface area (Å²) in [7, 11) is 0. The van der Waals surface area contributed by atoms with Crippen LogP contribution in [0.4, 0.5) is 0 Å². The third-order valence-electron chi connectivity index (χ3n) is 2.77. The van der Waals surface area contributed by atoms with E-state index in [2.05, 4.69) is 32.9 Å². The molecule has 0 aliphatic carbocycles. The Kier molecular flexibility index (Phi) is 6.13. The van der Waals surface area contributed by atoms with Gasteiger partial charge in [0.15, 0.2) is 0 Å². The molecular formula is C15H23NOS. The molecule has 1 aromatic rings. The molecule has 0 bridgehead atoms. The minimum Gasteiger partial charge on any atom is -0.493 e. The van der Waals surface area contributed by atoms with Crippen LogP contribution in [0.1, 0.15) is 37.8 Å². The number of hydrogen-bond acceptors (Lipinski definition) is 2. The van der Waals surface area contributed by atoms with Crippen LogP contribution in [-0.2, 0) is 6.42 Å². The van der Waals surface area contributed by atoms with Crippen LogP contribution < -0.4 is 10.5 Å². The first kappa shape index (κ1) is 15.0. The van der Waals surface area contributed by atoms with Gasteiger partial charge >= 0.3 is 0 Å². The van der Waals surface area contributed by atoms with Crippen molar-refractivity contribution < 1.29 is 4.74 Å². The topological polar surface area (TPSA) is 35.2 Å². The highest BCUT2D eigenvalue weighted by Gasteiger charge is 2.02. The van der Waals surface area contributed by atoms with Gasteiger partial charge in [0.2, 0.25) is 0 Å². The molecule has 0 saturated carbocycles. The van der Waals surface area contributed by atoms with E-state index in [1.165, 1.54) is 11.1 Å². The first-order chi connectivity index (χ1) is 8.49. The Morgan fingerprint density at radius 1 is 1.39 bits per heavy atom. The smallest absolute Gasteiger partial charge is 0.119 e. The average molecular weight is 265 g/mol. The summed E-state index contributed by atoms with van der Waals surface area (Å²) in [6.45, 7) is 7.19. The Hall–Kier alpha value is -1.09. The number of aryl methyl sites for hydroxylation is 2. The van der Waals surface area contributed by atoms with Crippen LogP contribution in [0.2, 0.25) is 0 Å². The van der Waals surface area contributed by atoms with Gasteiger partial charge in [0.25, 0.3) is 0 Å². The zero-order valence-electron chi connectivity index (χ0n) is 11.5. The Morgan fingerprint density at radius 2 is 2.11 bits per heavy atom. The molecule has 0 heterocycles. The highest BCUT2D eigenvalue weighted by atomic mass is 32.1. The second-order valence-corrected chi connectivity index (χ2v) is 5.64. The summed E-state index contributed by atoms with van der Waals surface area (Å²) in [5.74, 6) is 1.51. The van der Waals surface area contributed by atoms with E-state index in [1.807, 2.05) is 6.07 Å². The second kappa shape index (κ2) is 7.37. The molecule has 2 N–H and O–H groups in total. The quantitative estimate of drug-likeness (QED) is 0.764. The van der Waals surface area contributed by atoms with Gasteiger partial charge < -0.3 is 10.5 Å². The monoisotopic (exact) mass is 265 g/mol. The van der Waals surface area contributed by atoms with E-state index < -0.39 is 0 Å². The van der Waals surface area contributed by atoms with E-state index in [-0.39, 0.29) is 0 Å². The predicted octanol–water partition coefficient (Wildman–Crippen LogP) is 3.64. The van der Waals surface area contributed by atoms with Gasteiger partial charge in [-0.05, 0) is 55.4 Å². The van der Waals surface area contributed by atoms with Crippen LogP contribution in [0.15, 0.2) is 18.2 Å². The van der Waals surface area contributed by atoms with Crippen LogP contribution >= 0.6 is 12.2 Å². The highest BCUT2D eigenvalue weighted by molar-refractivity contribution is 7.80. The van der Waals surface area contributed by atoms with Crippen molar-refractivity contribution in [3.05, 3.63) is 29.3 Å². The molecule has 1 aromatic carbocycles. The fraction of sp³-hybridized carbons (Fsp3) is 0.533. The van der Waals surface area contributed by atoms with Crippen molar-refractivity contribution in [1.29, 1.82) is 0 Å². The molecule has 0 amide bonds. The largest absolute Gasteiger partial charge is 0.493 e. The maximum absolute atomic E-state index is 5.71. The van der Waals surface area contributed by atoms with Gasteiger partial charge in [-0.25, -0.2) is 0 Å². The van der Waals surface area contributed by atoms with Crippen molar-refractivity contribution in [3.63, 3.8) is 0 Å². The lowest BCUT2D eigenvalue weighted by Gasteiger charge is -2.11. The first-order valence-electron chi connectivity index (χ1n) is 6.49. The van der Waals surface area contributed by atoms with Crippen LogP contribution in [0, 0.1) is 12.8 Å². The molecule has 0 saturated heterocycles. The van der Waals surface area contributed by atoms with Gasteiger partial charge in [-0.2, -0.15) is 0 Å². The van der Waals surface area contributed by atoms with Crippen molar-refractivity contribution in [1.82, 2.24) is 0 Å². The van der Waals surface area contributed by atoms with Gasteiger partial charge in [0.1, 0.15) is 5.75 Å². The predicted molar refractivity (Wildman–Crippen MR) is 81.2 cm³/mol. The molecule has 0 fully saturated rings. The van der Waals surface area contributed by atoms with Crippen LogP contribution in [0.25, 0.3) is 0 Å². The number of ether oxygens (including phenoxy) is 1. The van der Waals surface area contributed by atoms with Crippen LogP contribution in [-0.4, -0.2) is 11.6 Å². The summed E-state index contributed by atoms with van der Waals surface area (Å²) in [6.07, 6.45) is 2.86. The summed E-state index contributed by atoms with van der Waals surface area (Å²) >= 11 is 4.88. The first-order valence-corrected chi connectivity index (χ1v) is 6.90. The average Bonchev–Trinajstić information content (AvgIpc) is 2.28. The second-order valence-electron chi connectivity index (χ2n) is 5.11. The zero-order chi connectivity index (χ0) is 13.5. The fourth-order valence-electron chi connectivity index (χ4n) is 1.75. The summed E-state index contributed by atoms with van der Waals surface area (Å²) < 4.78 is 5.71. The molecule has 0 unspecified atom stereocenters. The van der Waals surface area contributed by atoms with Crippen molar-refractivity contribution in [2.75, 3.05) is 6.61 Å². The van der Waals surface area contributed by atoms with E-state index in [9.17, 15) is 0 Å². The summed E-state index contributed by atoms with van der Waals surface area (Å²) in [6, 6.07) is 6.30. The lowest BCUT2D eigenvalue weighted by atomic mass is 10.0. The lowest BCUT2D eigenvalue weighted by molar-refractivity contribution is 0.271. The molecule has 0 spiro atoms. The molecular weight excluding hydrogens is 242 g/mol. The number of thiocarbonyl (C=S) groups is 1. The molecule has 100 valence electrons. The number of rotatable bonds is 7. The number of hydrogen-bond donors (Lipinski definition) is 1. The molecule has 3 heteroatoms. The maximum Gasteiger partial charge on any atom is 0.119 e. The normalized spacial score (nSPS) is 10.7. The summed E-state index contributed by atoms with van der Waals surface area (Å²) in [5.41, 5.74) is 8.13. The fourth-order valence-corrected chi connectivity index (χ4v) is 1.90. The minimum atomic E-state index is 0.551. The standard InChI is InChI=1S/C15H23NOS/c1-11(2)10-17-14-8-7-13(12(3)9-14)5-4-6-15(16)18/h7-9,11H,4-6,10H2,1-3H3,(H2,16,18). The maximum atomic E-state index is 5.71. The van der Waals surface area contributed by atoms with Crippen LogP contribution in [0.3, 0.4) is 0 Å². The van der Waals surface area contributed by atoms with E-state index in [4.69, 9.17) is 22.7 Å². The van der Waals surface area contributed by atoms with Crippen molar-refractivity contribution in [2.24, 2.45) is 11.7 Å². The Bertz CT molecular complexity index is 401. The molecule has 18 heavy (non-hydrogen) atoms. The van der Waals surface area contributed by atoms with Gasteiger partial charge in [0, 0.05) is 0 Å². The Labute approximate surface area is 116 Å². The van der Waals surface area contributed by atoms with Gasteiger partial charge in [-0.15, -0.1) is 0 Å². The van der Waals surface area contributed by atoms with E-state index >= 15 is 0 Å². The molecule has 0 aromatic heterocycles. The zero-order valence-corrected chi connectivity index (χ0v) is 12.3. The number of benzene rings is 1. The van der Waals surface area contributed by atoms with Crippen LogP contribution in [0.5, 0.6) is 5.75 Å². The Morgan fingerprint density at radius 3 is 2.67 bits per heavy atom. The highest BCUT2D eigenvalue weighted by Crippen LogP contribution is 2.19. The van der Waals surface area contributed by atoms with E-state index in [0.29, 0.717) is 10.9 Å². The summed E-state index contributed by atoms with van der Waals surface area (Å²) in [4.78, 5) is 0.601. The van der Waals surface area contributed by atoms with Gasteiger partial charge in [0.05, 0.1) is 11.6 Å². The van der Waals surface area contributed by atoms with E-state index in [1.54, 1.807) is 0 Å². The molecule has 0 aliphatic rings. The molecule has 2 nitrogen and oxygen atoms in total. The van der Waals surface area contributed by atoms with Crippen molar-refractivity contribution >= 4 is 17.2 Å².